The lowest BCUT2D eigenvalue weighted by Crippen LogP contribution is -2.29. The van der Waals surface area contributed by atoms with E-state index in [9.17, 15) is 0 Å². The summed E-state index contributed by atoms with van der Waals surface area (Å²) in [6.07, 6.45) is 4.62. The van der Waals surface area contributed by atoms with Gasteiger partial charge in [-0.1, -0.05) is 18.7 Å². The summed E-state index contributed by atoms with van der Waals surface area (Å²) < 4.78 is 0. The molecular formula is C17H22N2. The molecule has 0 radical (unpaired) electrons. The summed E-state index contributed by atoms with van der Waals surface area (Å²) in [4.78, 5) is 5.02. The van der Waals surface area contributed by atoms with Crippen LogP contribution in [0, 0.1) is 5.41 Å². The lowest BCUT2D eigenvalue weighted by Gasteiger charge is -2.25. The predicted molar refractivity (Wildman–Crippen MR) is 81.4 cm³/mol. The molecule has 1 spiro atoms. The molecule has 1 aromatic carbocycles. The smallest absolute Gasteiger partial charge is 0.0366 e. The SMILES string of the molecule is C=C=Cc1ccc(N2CCC3(CCN(C)C3)C2)cc1. The lowest BCUT2D eigenvalue weighted by molar-refractivity contribution is 0.312. The Morgan fingerprint density at radius 2 is 1.89 bits per heavy atom. The second-order valence-corrected chi connectivity index (χ2v) is 6.10. The van der Waals surface area contributed by atoms with Gasteiger partial charge < -0.3 is 9.80 Å². The summed E-state index contributed by atoms with van der Waals surface area (Å²) in [6, 6.07) is 8.75. The van der Waals surface area contributed by atoms with Crippen LogP contribution in [0.1, 0.15) is 18.4 Å². The Kier molecular flexibility index (Phi) is 3.22. The van der Waals surface area contributed by atoms with Crippen molar-refractivity contribution in [1.82, 2.24) is 4.90 Å². The van der Waals surface area contributed by atoms with Gasteiger partial charge in [-0.25, -0.2) is 0 Å². The van der Waals surface area contributed by atoms with Gasteiger partial charge in [0.2, 0.25) is 0 Å². The van der Waals surface area contributed by atoms with E-state index >= 15 is 0 Å². The van der Waals surface area contributed by atoms with Gasteiger partial charge in [0.1, 0.15) is 0 Å². The van der Waals surface area contributed by atoms with E-state index in [-0.39, 0.29) is 0 Å². The fourth-order valence-corrected chi connectivity index (χ4v) is 3.55. The van der Waals surface area contributed by atoms with E-state index in [1.807, 2.05) is 6.08 Å². The van der Waals surface area contributed by atoms with Crippen LogP contribution in [0.4, 0.5) is 5.69 Å². The van der Waals surface area contributed by atoms with Gasteiger partial charge in [-0.2, -0.15) is 0 Å². The highest BCUT2D eigenvalue weighted by molar-refractivity contribution is 5.56. The zero-order valence-electron chi connectivity index (χ0n) is 11.7. The Balaban J connectivity index is 1.72. The highest BCUT2D eigenvalue weighted by Gasteiger charge is 2.42. The number of likely N-dealkylation sites (tertiary alicyclic amines) is 1. The predicted octanol–water partition coefficient (Wildman–Crippen LogP) is 3.02. The summed E-state index contributed by atoms with van der Waals surface area (Å²) in [6.45, 7) is 8.56. The maximum absolute atomic E-state index is 3.62. The molecular weight excluding hydrogens is 232 g/mol. The number of hydrogen-bond donors (Lipinski definition) is 0. The van der Waals surface area contributed by atoms with Crippen molar-refractivity contribution in [3.63, 3.8) is 0 Å². The molecule has 0 saturated carbocycles. The van der Waals surface area contributed by atoms with Crippen molar-refractivity contribution in [3.05, 3.63) is 42.1 Å². The standard InChI is InChI=1S/C17H22N2/c1-3-4-15-5-7-16(8-6-15)19-12-10-17(14-19)9-11-18(2)13-17/h4-8H,1,9-14H2,2H3. The molecule has 2 nitrogen and oxygen atoms in total. The molecule has 0 aromatic heterocycles. The molecule has 1 atom stereocenters. The van der Waals surface area contributed by atoms with Crippen LogP contribution in [0.3, 0.4) is 0 Å². The molecule has 2 fully saturated rings. The summed E-state index contributed by atoms with van der Waals surface area (Å²) in [5.74, 6) is 0. The molecule has 0 N–H and O–H groups in total. The van der Waals surface area contributed by atoms with Crippen LogP contribution in [0.2, 0.25) is 0 Å². The molecule has 0 aliphatic carbocycles. The van der Waals surface area contributed by atoms with E-state index in [0.29, 0.717) is 5.41 Å². The first-order valence-electron chi connectivity index (χ1n) is 7.10. The minimum Gasteiger partial charge on any atom is -0.371 e. The Bertz CT molecular complexity index is 498. The van der Waals surface area contributed by atoms with Crippen molar-refractivity contribution in [2.75, 3.05) is 38.1 Å². The van der Waals surface area contributed by atoms with E-state index in [0.717, 1.165) is 0 Å². The number of nitrogens with zero attached hydrogens (tertiary/aromatic N) is 2. The maximum Gasteiger partial charge on any atom is 0.0366 e. The minimum atomic E-state index is 0.550. The maximum atomic E-state index is 3.62. The third-order valence-corrected chi connectivity index (χ3v) is 4.59. The minimum absolute atomic E-state index is 0.550. The van der Waals surface area contributed by atoms with E-state index < -0.39 is 0 Å². The lowest BCUT2D eigenvalue weighted by atomic mass is 9.86. The molecule has 2 aliphatic rings. The molecule has 1 unspecified atom stereocenters. The summed E-state index contributed by atoms with van der Waals surface area (Å²) in [5, 5.41) is 0. The highest BCUT2D eigenvalue weighted by atomic mass is 15.2. The average Bonchev–Trinajstić information content (AvgIpc) is 2.98. The Morgan fingerprint density at radius 1 is 1.16 bits per heavy atom. The van der Waals surface area contributed by atoms with Crippen molar-refractivity contribution in [1.29, 1.82) is 0 Å². The topological polar surface area (TPSA) is 6.48 Å². The van der Waals surface area contributed by atoms with Crippen LogP contribution in [0.5, 0.6) is 0 Å². The quantitative estimate of drug-likeness (QED) is 0.749. The Morgan fingerprint density at radius 3 is 2.53 bits per heavy atom. The molecule has 19 heavy (non-hydrogen) atoms. The third-order valence-electron chi connectivity index (χ3n) is 4.59. The first-order chi connectivity index (χ1) is 9.21. The fraction of sp³-hybridized carbons (Fsp3) is 0.471. The summed E-state index contributed by atoms with van der Waals surface area (Å²) in [7, 11) is 2.24. The second-order valence-electron chi connectivity index (χ2n) is 6.10. The number of hydrogen-bond acceptors (Lipinski definition) is 2. The summed E-state index contributed by atoms with van der Waals surface area (Å²) >= 11 is 0. The normalized spacial score (nSPS) is 26.9. The van der Waals surface area contributed by atoms with Crippen molar-refractivity contribution < 1.29 is 0 Å². The van der Waals surface area contributed by atoms with Gasteiger partial charge >= 0.3 is 0 Å². The fourth-order valence-electron chi connectivity index (χ4n) is 3.55. The van der Waals surface area contributed by atoms with Crippen molar-refractivity contribution in [2.24, 2.45) is 5.41 Å². The first-order valence-corrected chi connectivity index (χ1v) is 7.10. The molecule has 0 bridgehead atoms. The van der Waals surface area contributed by atoms with Gasteiger partial charge in [0.25, 0.3) is 0 Å². The van der Waals surface area contributed by atoms with E-state index in [2.05, 4.69) is 53.4 Å². The third kappa shape index (κ3) is 2.47. The number of anilines is 1. The van der Waals surface area contributed by atoms with Gasteiger partial charge in [0.15, 0.2) is 0 Å². The molecule has 0 amide bonds. The molecule has 2 heteroatoms. The largest absolute Gasteiger partial charge is 0.371 e. The molecule has 2 aliphatic heterocycles. The first kappa shape index (κ1) is 12.5. The van der Waals surface area contributed by atoms with Crippen LogP contribution in [0.15, 0.2) is 36.6 Å². The van der Waals surface area contributed by atoms with Crippen LogP contribution in [0.25, 0.3) is 6.08 Å². The highest BCUT2D eigenvalue weighted by Crippen LogP contribution is 2.40. The molecule has 2 heterocycles. The van der Waals surface area contributed by atoms with Gasteiger partial charge in [-0.15, -0.1) is 5.73 Å². The van der Waals surface area contributed by atoms with Crippen LogP contribution >= 0.6 is 0 Å². The summed E-state index contributed by atoms with van der Waals surface area (Å²) in [5.41, 5.74) is 5.90. The van der Waals surface area contributed by atoms with Gasteiger partial charge in [-0.3, -0.25) is 0 Å². The van der Waals surface area contributed by atoms with Crippen LogP contribution < -0.4 is 4.90 Å². The van der Waals surface area contributed by atoms with Crippen molar-refractivity contribution in [3.8, 4) is 0 Å². The molecule has 2 saturated heterocycles. The second kappa shape index (κ2) is 4.88. The van der Waals surface area contributed by atoms with Crippen LogP contribution in [-0.2, 0) is 0 Å². The Labute approximate surface area is 116 Å². The van der Waals surface area contributed by atoms with E-state index in [4.69, 9.17) is 0 Å². The van der Waals surface area contributed by atoms with E-state index in [1.54, 1.807) is 0 Å². The van der Waals surface area contributed by atoms with Crippen molar-refractivity contribution >= 4 is 11.8 Å². The molecule has 100 valence electrons. The van der Waals surface area contributed by atoms with Crippen molar-refractivity contribution in [2.45, 2.75) is 12.8 Å². The van der Waals surface area contributed by atoms with Crippen LogP contribution in [-0.4, -0.2) is 38.1 Å². The zero-order chi connectivity index (χ0) is 13.3. The molecule has 3 rings (SSSR count). The molecule has 1 aromatic rings. The Hall–Kier alpha value is -1.50. The van der Waals surface area contributed by atoms with Gasteiger partial charge in [0, 0.05) is 30.7 Å². The van der Waals surface area contributed by atoms with Gasteiger partial charge in [-0.05, 0) is 50.2 Å². The monoisotopic (exact) mass is 254 g/mol. The van der Waals surface area contributed by atoms with E-state index in [1.165, 1.54) is 50.3 Å². The van der Waals surface area contributed by atoms with Gasteiger partial charge in [0.05, 0.1) is 0 Å². The number of benzene rings is 1. The zero-order valence-corrected chi connectivity index (χ0v) is 11.7. The average molecular weight is 254 g/mol. The number of rotatable bonds is 2.